The minimum atomic E-state index is -0.299. The van der Waals surface area contributed by atoms with E-state index in [1.54, 1.807) is 24.4 Å². The van der Waals surface area contributed by atoms with Crippen LogP contribution in [-0.2, 0) is 0 Å². The van der Waals surface area contributed by atoms with Gasteiger partial charge in [-0.2, -0.15) is 4.98 Å². The lowest BCUT2D eigenvalue weighted by molar-refractivity contribution is 0.327. The van der Waals surface area contributed by atoms with E-state index in [1.165, 1.54) is 44.2 Å². The van der Waals surface area contributed by atoms with Crippen LogP contribution in [0.4, 0.5) is 16.2 Å². The summed E-state index contributed by atoms with van der Waals surface area (Å²) in [6.07, 6.45) is 9.96. The predicted molar refractivity (Wildman–Crippen MR) is 123 cm³/mol. The molecule has 0 spiro atoms. The quantitative estimate of drug-likeness (QED) is 0.464. The highest BCUT2D eigenvalue weighted by atomic mass is 19.1. The van der Waals surface area contributed by atoms with Gasteiger partial charge >= 0.3 is 0 Å². The number of nitrogens with zero attached hydrogens (tertiary/aromatic N) is 5. The molecule has 8 heteroatoms. The van der Waals surface area contributed by atoms with Gasteiger partial charge in [0.25, 0.3) is 0 Å². The fraction of sp³-hybridized carbons (Fsp3) is 0.333. The van der Waals surface area contributed by atoms with Gasteiger partial charge in [0, 0.05) is 24.0 Å². The zero-order chi connectivity index (χ0) is 22.1. The molecule has 7 nitrogen and oxygen atoms in total. The molecule has 1 aromatic carbocycles. The third kappa shape index (κ3) is 4.00. The zero-order valence-corrected chi connectivity index (χ0v) is 18.0. The van der Waals surface area contributed by atoms with Gasteiger partial charge in [0.15, 0.2) is 0 Å². The molecule has 4 aromatic rings. The molecular weight excluding hydrogens is 405 g/mol. The Kier molecular flexibility index (Phi) is 5.43. The number of nitrogens with two attached hydrogens (primary N) is 1. The van der Waals surface area contributed by atoms with Crippen LogP contribution in [0.1, 0.15) is 39.0 Å². The van der Waals surface area contributed by atoms with E-state index in [0.717, 1.165) is 11.3 Å². The molecule has 3 aromatic heterocycles. The number of benzene rings is 1. The lowest BCUT2D eigenvalue weighted by Crippen LogP contribution is -2.28. The summed E-state index contributed by atoms with van der Waals surface area (Å²) in [6.45, 7) is 2.21. The first-order valence-electron chi connectivity index (χ1n) is 11.1. The molecule has 0 saturated heterocycles. The maximum Gasteiger partial charge on any atom is 0.236 e. The second kappa shape index (κ2) is 8.53. The second-order valence-corrected chi connectivity index (χ2v) is 8.43. The molecular formula is C24H26FN7. The minimum Gasteiger partial charge on any atom is -0.384 e. The summed E-state index contributed by atoms with van der Waals surface area (Å²) in [6, 6.07) is 10.1. The number of imidazole rings is 1. The molecule has 0 radical (unpaired) electrons. The molecule has 0 unspecified atom stereocenters. The summed E-state index contributed by atoms with van der Waals surface area (Å²) in [5, 5.41) is 3.50. The van der Waals surface area contributed by atoms with Gasteiger partial charge in [0.1, 0.15) is 23.0 Å². The van der Waals surface area contributed by atoms with E-state index in [9.17, 15) is 4.39 Å². The van der Waals surface area contributed by atoms with Crippen LogP contribution < -0.4 is 11.1 Å². The fourth-order valence-corrected chi connectivity index (χ4v) is 4.51. The van der Waals surface area contributed by atoms with Crippen LogP contribution in [0.15, 0.2) is 48.8 Å². The number of hydrogen-bond acceptors (Lipinski definition) is 6. The van der Waals surface area contributed by atoms with E-state index in [0.29, 0.717) is 40.9 Å². The standard InChI is InChI=1S/C24H26FN7/c1-15(16-5-3-2-4-6-16)28-23-27-13-11-19(29-23)22-21(17-7-9-18(25)10-8-17)31-24-30-20(26)12-14-32(22)24/h7-16H,2-6H2,1H3,(H2,26,30,31)(H,27,28,29)/t15-/m0/s1. The number of fused-ring (bicyclic) bond motifs is 1. The summed E-state index contributed by atoms with van der Waals surface area (Å²) < 4.78 is 15.4. The molecule has 1 aliphatic carbocycles. The number of aromatic nitrogens is 5. The molecule has 1 atom stereocenters. The van der Waals surface area contributed by atoms with Gasteiger partial charge in [0.2, 0.25) is 11.7 Å². The third-order valence-electron chi connectivity index (χ3n) is 6.25. The average molecular weight is 432 g/mol. The van der Waals surface area contributed by atoms with Gasteiger partial charge in [-0.1, -0.05) is 19.3 Å². The van der Waals surface area contributed by atoms with E-state index in [-0.39, 0.29) is 5.82 Å². The molecule has 1 aliphatic rings. The number of anilines is 2. The molecule has 0 bridgehead atoms. The first kappa shape index (κ1) is 20.4. The smallest absolute Gasteiger partial charge is 0.236 e. The van der Waals surface area contributed by atoms with Crippen LogP contribution in [0.3, 0.4) is 0 Å². The summed E-state index contributed by atoms with van der Waals surface area (Å²) in [5.41, 5.74) is 8.78. The van der Waals surface area contributed by atoms with Crippen LogP contribution in [0.2, 0.25) is 0 Å². The van der Waals surface area contributed by atoms with Crippen LogP contribution in [-0.4, -0.2) is 30.4 Å². The molecule has 164 valence electrons. The van der Waals surface area contributed by atoms with Gasteiger partial charge in [-0.3, -0.25) is 4.40 Å². The van der Waals surface area contributed by atoms with Gasteiger partial charge in [0.05, 0.1) is 5.69 Å². The van der Waals surface area contributed by atoms with E-state index >= 15 is 0 Å². The van der Waals surface area contributed by atoms with Crippen molar-refractivity contribution in [3.63, 3.8) is 0 Å². The van der Waals surface area contributed by atoms with Crippen molar-refractivity contribution in [2.24, 2.45) is 5.92 Å². The van der Waals surface area contributed by atoms with Crippen molar-refractivity contribution in [1.29, 1.82) is 0 Å². The molecule has 0 amide bonds. The maximum absolute atomic E-state index is 13.5. The van der Waals surface area contributed by atoms with Crippen LogP contribution in [0.25, 0.3) is 28.4 Å². The molecule has 3 N–H and O–H groups in total. The Labute approximate surface area is 186 Å². The number of hydrogen-bond donors (Lipinski definition) is 2. The Morgan fingerprint density at radius 2 is 1.81 bits per heavy atom. The lowest BCUT2D eigenvalue weighted by atomic mass is 9.85. The van der Waals surface area contributed by atoms with E-state index in [2.05, 4.69) is 27.2 Å². The van der Waals surface area contributed by atoms with Crippen molar-refractivity contribution in [1.82, 2.24) is 24.3 Å². The Morgan fingerprint density at radius 3 is 2.59 bits per heavy atom. The first-order chi connectivity index (χ1) is 15.6. The third-order valence-corrected chi connectivity index (χ3v) is 6.25. The van der Waals surface area contributed by atoms with E-state index < -0.39 is 0 Å². The van der Waals surface area contributed by atoms with Crippen LogP contribution >= 0.6 is 0 Å². The van der Waals surface area contributed by atoms with Crippen molar-refractivity contribution in [2.45, 2.75) is 45.1 Å². The Balaban J connectivity index is 1.56. The Morgan fingerprint density at radius 1 is 1.03 bits per heavy atom. The van der Waals surface area contributed by atoms with Crippen molar-refractivity contribution < 1.29 is 4.39 Å². The highest BCUT2D eigenvalue weighted by Gasteiger charge is 2.22. The Hall–Kier alpha value is -3.55. The fourth-order valence-electron chi connectivity index (χ4n) is 4.51. The van der Waals surface area contributed by atoms with Gasteiger partial charge in [-0.15, -0.1) is 0 Å². The lowest BCUT2D eigenvalue weighted by Gasteiger charge is -2.28. The number of halogens is 1. The topological polar surface area (TPSA) is 94.0 Å². The average Bonchev–Trinajstić information content (AvgIpc) is 3.19. The maximum atomic E-state index is 13.5. The minimum absolute atomic E-state index is 0.297. The summed E-state index contributed by atoms with van der Waals surface area (Å²) in [4.78, 5) is 18.3. The van der Waals surface area contributed by atoms with Gasteiger partial charge < -0.3 is 11.1 Å². The predicted octanol–water partition coefficient (Wildman–Crippen LogP) is 4.96. The summed E-state index contributed by atoms with van der Waals surface area (Å²) in [5.74, 6) is 1.76. The molecule has 3 heterocycles. The van der Waals surface area contributed by atoms with Gasteiger partial charge in [-0.05, 0) is 62.1 Å². The van der Waals surface area contributed by atoms with Gasteiger partial charge in [-0.25, -0.2) is 19.3 Å². The van der Waals surface area contributed by atoms with Crippen molar-refractivity contribution in [3.05, 3.63) is 54.6 Å². The van der Waals surface area contributed by atoms with E-state index in [4.69, 9.17) is 10.7 Å². The summed E-state index contributed by atoms with van der Waals surface area (Å²) >= 11 is 0. The molecule has 1 fully saturated rings. The second-order valence-electron chi connectivity index (χ2n) is 8.43. The van der Waals surface area contributed by atoms with Crippen LogP contribution in [0.5, 0.6) is 0 Å². The molecule has 0 aliphatic heterocycles. The molecule has 5 rings (SSSR count). The highest BCUT2D eigenvalue weighted by Crippen LogP contribution is 2.32. The summed E-state index contributed by atoms with van der Waals surface area (Å²) in [7, 11) is 0. The van der Waals surface area contributed by atoms with Crippen molar-refractivity contribution in [3.8, 4) is 22.6 Å². The first-order valence-corrected chi connectivity index (χ1v) is 11.1. The molecule has 1 saturated carbocycles. The number of nitrogen functional groups attached to an aromatic ring is 1. The SMILES string of the molecule is C[C@H](Nc1nccc(-c2c(-c3ccc(F)cc3)nc3nc(N)ccn23)n1)C1CCCCC1. The monoisotopic (exact) mass is 431 g/mol. The Bertz CT molecular complexity index is 1230. The normalized spacial score (nSPS) is 15.7. The van der Waals surface area contributed by atoms with Crippen molar-refractivity contribution >= 4 is 17.5 Å². The highest BCUT2D eigenvalue weighted by molar-refractivity contribution is 5.80. The zero-order valence-electron chi connectivity index (χ0n) is 18.0. The van der Waals surface area contributed by atoms with Crippen molar-refractivity contribution in [2.75, 3.05) is 11.1 Å². The molecule has 32 heavy (non-hydrogen) atoms. The largest absolute Gasteiger partial charge is 0.384 e. The van der Waals surface area contributed by atoms with E-state index in [1.807, 2.05) is 16.7 Å². The number of rotatable bonds is 5. The van der Waals surface area contributed by atoms with Crippen LogP contribution in [0, 0.1) is 11.7 Å². The number of nitrogens with one attached hydrogen (secondary N) is 1.